The molecule has 4 heteroatoms. The Kier molecular flexibility index (Phi) is 2.54. The van der Waals surface area contributed by atoms with E-state index in [0.29, 0.717) is 6.42 Å². The van der Waals surface area contributed by atoms with Crippen molar-refractivity contribution in [3.63, 3.8) is 0 Å². The van der Waals surface area contributed by atoms with Crippen LogP contribution in [-0.4, -0.2) is 17.9 Å². The molecule has 0 unspecified atom stereocenters. The van der Waals surface area contributed by atoms with Crippen molar-refractivity contribution in [2.24, 2.45) is 0 Å². The Morgan fingerprint density at radius 1 is 1.73 bits per heavy atom. The van der Waals surface area contributed by atoms with Gasteiger partial charge in [0.25, 0.3) is 0 Å². The Bertz CT molecular complexity index is 214. The van der Waals surface area contributed by atoms with Gasteiger partial charge in [-0.2, -0.15) is 0 Å². The van der Waals surface area contributed by atoms with Crippen LogP contribution in [0.2, 0.25) is 0 Å². The molecule has 0 aliphatic rings. The lowest BCUT2D eigenvalue weighted by Gasteiger charge is -1.96. The van der Waals surface area contributed by atoms with Crippen molar-refractivity contribution < 1.29 is 19.1 Å². The van der Waals surface area contributed by atoms with Gasteiger partial charge in [0.1, 0.15) is 12.4 Å². The van der Waals surface area contributed by atoms with Crippen molar-refractivity contribution in [2.45, 2.75) is 6.42 Å². The predicted molar refractivity (Wildman–Crippen MR) is 36.4 cm³/mol. The lowest BCUT2D eigenvalue weighted by Crippen LogP contribution is -2.03. The molecule has 0 aliphatic heterocycles. The molecule has 4 nitrogen and oxygen atoms in total. The monoisotopic (exact) mass is 156 g/mol. The molecule has 0 bridgehead atoms. The zero-order valence-corrected chi connectivity index (χ0v) is 5.82. The second-order valence-corrected chi connectivity index (χ2v) is 1.94. The van der Waals surface area contributed by atoms with Crippen LogP contribution in [0.3, 0.4) is 0 Å². The molecule has 0 saturated carbocycles. The molecular formula is C7H8O4. The molecule has 0 spiro atoms. The van der Waals surface area contributed by atoms with Crippen molar-refractivity contribution in [3.05, 3.63) is 24.2 Å². The minimum absolute atomic E-state index is 0.142. The Morgan fingerprint density at radius 2 is 2.55 bits per heavy atom. The highest BCUT2D eigenvalue weighted by atomic mass is 16.7. The molecule has 0 fully saturated rings. The second-order valence-electron chi connectivity index (χ2n) is 1.94. The first-order valence-electron chi connectivity index (χ1n) is 3.17. The van der Waals surface area contributed by atoms with Gasteiger partial charge >= 0.3 is 6.16 Å². The van der Waals surface area contributed by atoms with Crippen molar-refractivity contribution in [2.75, 3.05) is 6.61 Å². The number of rotatable bonds is 3. The summed E-state index contributed by atoms with van der Waals surface area (Å²) in [5.74, 6) is 0.728. The first-order chi connectivity index (χ1) is 5.29. The van der Waals surface area contributed by atoms with Crippen molar-refractivity contribution in [3.8, 4) is 0 Å². The molecule has 1 N–H and O–H groups in total. The summed E-state index contributed by atoms with van der Waals surface area (Å²) in [6.07, 6.45) is 0.770. The lowest BCUT2D eigenvalue weighted by molar-refractivity contribution is 0.0915. The van der Waals surface area contributed by atoms with Crippen LogP contribution in [0, 0.1) is 0 Å². The van der Waals surface area contributed by atoms with Gasteiger partial charge in [-0.15, -0.1) is 0 Å². The summed E-state index contributed by atoms with van der Waals surface area (Å²) in [5, 5.41) is 8.09. The van der Waals surface area contributed by atoms with Crippen LogP contribution in [0.15, 0.2) is 22.8 Å². The normalized spacial score (nSPS) is 9.45. The molecule has 0 aromatic carbocycles. The first-order valence-corrected chi connectivity index (χ1v) is 3.17. The highest BCUT2D eigenvalue weighted by Gasteiger charge is 1.98. The third-order valence-electron chi connectivity index (χ3n) is 1.15. The third-order valence-corrected chi connectivity index (χ3v) is 1.15. The predicted octanol–water partition coefficient (Wildman–Crippen LogP) is 1.52. The minimum atomic E-state index is -1.25. The van der Waals surface area contributed by atoms with Crippen molar-refractivity contribution in [1.82, 2.24) is 0 Å². The van der Waals surface area contributed by atoms with E-state index in [4.69, 9.17) is 9.52 Å². The Balaban J connectivity index is 2.19. The Hall–Kier alpha value is -1.45. The summed E-state index contributed by atoms with van der Waals surface area (Å²) in [7, 11) is 0. The van der Waals surface area contributed by atoms with Crippen LogP contribution in [0.1, 0.15) is 5.76 Å². The number of ether oxygens (including phenoxy) is 1. The van der Waals surface area contributed by atoms with E-state index in [1.807, 2.05) is 0 Å². The highest BCUT2D eigenvalue weighted by molar-refractivity contribution is 5.56. The minimum Gasteiger partial charge on any atom is -0.469 e. The summed E-state index contributed by atoms with van der Waals surface area (Å²) in [6.45, 7) is 0.142. The molecule has 0 amide bonds. The Morgan fingerprint density at radius 3 is 3.09 bits per heavy atom. The molecule has 1 aromatic heterocycles. The molecule has 60 valence electrons. The fourth-order valence-electron chi connectivity index (χ4n) is 0.694. The molecular weight excluding hydrogens is 148 g/mol. The van der Waals surface area contributed by atoms with Gasteiger partial charge in [-0.05, 0) is 12.1 Å². The molecule has 0 radical (unpaired) electrons. The lowest BCUT2D eigenvalue weighted by atomic mass is 10.3. The van der Waals surface area contributed by atoms with Gasteiger partial charge in [0, 0.05) is 6.42 Å². The number of hydrogen-bond acceptors (Lipinski definition) is 3. The van der Waals surface area contributed by atoms with Crippen LogP contribution >= 0.6 is 0 Å². The number of carboxylic acid groups (broad SMARTS) is 1. The maximum atomic E-state index is 9.87. The largest absolute Gasteiger partial charge is 0.505 e. The topological polar surface area (TPSA) is 59.7 Å². The van der Waals surface area contributed by atoms with E-state index in [-0.39, 0.29) is 6.61 Å². The van der Waals surface area contributed by atoms with Gasteiger partial charge in [0.05, 0.1) is 6.26 Å². The summed E-state index contributed by atoms with van der Waals surface area (Å²) >= 11 is 0. The zero-order valence-electron chi connectivity index (χ0n) is 5.82. The smallest absolute Gasteiger partial charge is 0.469 e. The molecule has 1 aromatic rings. The summed E-state index contributed by atoms with van der Waals surface area (Å²) in [6, 6.07) is 3.52. The first kappa shape index (κ1) is 7.65. The van der Waals surface area contributed by atoms with E-state index in [0.717, 1.165) is 5.76 Å². The summed E-state index contributed by atoms with van der Waals surface area (Å²) < 4.78 is 9.21. The number of carbonyl (C=O) groups is 1. The van der Waals surface area contributed by atoms with Crippen LogP contribution in [0.4, 0.5) is 4.79 Å². The van der Waals surface area contributed by atoms with E-state index in [2.05, 4.69) is 4.74 Å². The maximum Gasteiger partial charge on any atom is 0.505 e. The third kappa shape index (κ3) is 2.75. The maximum absolute atomic E-state index is 9.87. The van der Waals surface area contributed by atoms with E-state index >= 15 is 0 Å². The van der Waals surface area contributed by atoms with Crippen LogP contribution < -0.4 is 0 Å². The van der Waals surface area contributed by atoms with E-state index in [1.165, 1.54) is 6.26 Å². The van der Waals surface area contributed by atoms with Crippen molar-refractivity contribution >= 4 is 6.16 Å². The summed E-state index contributed by atoms with van der Waals surface area (Å²) in [4.78, 5) is 9.87. The van der Waals surface area contributed by atoms with E-state index < -0.39 is 6.16 Å². The van der Waals surface area contributed by atoms with E-state index in [9.17, 15) is 4.79 Å². The molecule has 0 saturated heterocycles. The SMILES string of the molecule is O=C(O)OCCc1ccco1. The van der Waals surface area contributed by atoms with Crippen LogP contribution in [-0.2, 0) is 11.2 Å². The van der Waals surface area contributed by atoms with Gasteiger partial charge in [-0.25, -0.2) is 4.79 Å². The zero-order chi connectivity index (χ0) is 8.10. The van der Waals surface area contributed by atoms with Crippen molar-refractivity contribution in [1.29, 1.82) is 0 Å². The average Bonchev–Trinajstić information content (AvgIpc) is 2.39. The van der Waals surface area contributed by atoms with Gasteiger partial charge in [-0.3, -0.25) is 0 Å². The van der Waals surface area contributed by atoms with Gasteiger partial charge < -0.3 is 14.3 Å². The average molecular weight is 156 g/mol. The van der Waals surface area contributed by atoms with E-state index in [1.54, 1.807) is 12.1 Å². The fraction of sp³-hybridized carbons (Fsp3) is 0.286. The summed E-state index contributed by atoms with van der Waals surface area (Å²) in [5.41, 5.74) is 0. The number of furan rings is 1. The van der Waals surface area contributed by atoms with Gasteiger partial charge in [-0.1, -0.05) is 0 Å². The fourth-order valence-corrected chi connectivity index (χ4v) is 0.694. The van der Waals surface area contributed by atoms with Gasteiger partial charge in [0.2, 0.25) is 0 Å². The van der Waals surface area contributed by atoms with Crippen LogP contribution in [0.25, 0.3) is 0 Å². The molecule has 0 aliphatic carbocycles. The molecule has 1 rings (SSSR count). The highest BCUT2D eigenvalue weighted by Crippen LogP contribution is 2.00. The molecule has 1 heterocycles. The van der Waals surface area contributed by atoms with Gasteiger partial charge in [0.15, 0.2) is 0 Å². The Labute approximate surface area is 63.4 Å². The standard InChI is InChI=1S/C7H8O4/c8-7(9)11-5-3-6-2-1-4-10-6/h1-2,4H,3,5H2,(H,8,9). The number of hydrogen-bond donors (Lipinski definition) is 1. The molecule has 11 heavy (non-hydrogen) atoms. The second kappa shape index (κ2) is 3.65. The quantitative estimate of drug-likeness (QED) is 0.674. The van der Waals surface area contributed by atoms with Crippen LogP contribution in [0.5, 0.6) is 0 Å². The molecule has 0 atom stereocenters.